The summed E-state index contributed by atoms with van der Waals surface area (Å²) in [7, 11) is 1.48. The summed E-state index contributed by atoms with van der Waals surface area (Å²) < 4.78 is 10.5. The maximum absolute atomic E-state index is 5.56. The molecule has 0 spiro atoms. The highest BCUT2D eigenvalue weighted by molar-refractivity contribution is 5.20. The van der Waals surface area contributed by atoms with E-state index in [1.165, 1.54) is 20.0 Å². The number of nitrogen functional groups attached to an aromatic ring is 1. The van der Waals surface area contributed by atoms with E-state index in [9.17, 15) is 0 Å². The fraction of sp³-hybridized carbons (Fsp3) is 0.750. The molecule has 6 heteroatoms. The quantitative estimate of drug-likeness (QED) is 0.764. The number of hydrogen-bond acceptors (Lipinski definition) is 6. The number of hydrogen-bond donors (Lipinski definition) is 1. The van der Waals surface area contributed by atoms with E-state index in [1.54, 1.807) is 0 Å². The Morgan fingerprint density at radius 1 is 1.17 bits per heavy atom. The van der Waals surface area contributed by atoms with Gasteiger partial charge in [-0.1, -0.05) is 33.1 Å². The molecule has 18 heavy (non-hydrogen) atoms. The molecule has 0 aromatic carbocycles. The molecule has 1 atom stereocenters. The van der Waals surface area contributed by atoms with Crippen molar-refractivity contribution >= 4 is 5.95 Å². The fourth-order valence-electron chi connectivity index (χ4n) is 1.60. The van der Waals surface area contributed by atoms with Gasteiger partial charge < -0.3 is 15.2 Å². The Morgan fingerprint density at radius 3 is 2.50 bits per heavy atom. The molecule has 1 aromatic rings. The normalized spacial score (nSPS) is 12.2. The van der Waals surface area contributed by atoms with Gasteiger partial charge in [0.1, 0.15) is 0 Å². The first-order valence-corrected chi connectivity index (χ1v) is 6.37. The van der Waals surface area contributed by atoms with Crippen molar-refractivity contribution in [1.82, 2.24) is 15.0 Å². The molecule has 0 aliphatic rings. The Bertz CT molecular complexity index is 360. The van der Waals surface area contributed by atoms with Gasteiger partial charge in [-0.05, 0) is 12.3 Å². The molecule has 1 unspecified atom stereocenters. The molecule has 102 valence electrons. The number of aromatic nitrogens is 3. The number of anilines is 1. The van der Waals surface area contributed by atoms with E-state index in [-0.39, 0.29) is 18.0 Å². The topological polar surface area (TPSA) is 83.2 Å². The molecule has 1 rings (SSSR count). The first-order valence-electron chi connectivity index (χ1n) is 6.37. The van der Waals surface area contributed by atoms with Crippen molar-refractivity contribution in [3.8, 4) is 12.0 Å². The molecule has 0 saturated heterocycles. The van der Waals surface area contributed by atoms with Gasteiger partial charge in [-0.15, -0.1) is 4.98 Å². The van der Waals surface area contributed by atoms with Gasteiger partial charge in [0.05, 0.1) is 13.7 Å². The third kappa shape index (κ3) is 4.73. The number of ether oxygens (including phenoxy) is 2. The summed E-state index contributed by atoms with van der Waals surface area (Å²) in [5.74, 6) is 0.632. The number of nitrogens with zero attached hydrogens (tertiary/aromatic N) is 3. The number of methoxy groups -OCH3 is 1. The van der Waals surface area contributed by atoms with E-state index in [1.807, 2.05) is 0 Å². The summed E-state index contributed by atoms with van der Waals surface area (Å²) in [6.07, 6.45) is 4.65. The minimum absolute atomic E-state index is 0.110. The molecule has 1 heterocycles. The van der Waals surface area contributed by atoms with Crippen molar-refractivity contribution < 1.29 is 9.47 Å². The molecule has 2 N–H and O–H groups in total. The van der Waals surface area contributed by atoms with Crippen molar-refractivity contribution in [2.45, 2.75) is 39.5 Å². The van der Waals surface area contributed by atoms with Gasteiger partial charge in [0.2, 0.25) is 5.95 Å². The summed E-state index contributed by atoms with van der Waals surface area (Å²) >= 11 is 0. The third-order valence-corrected chi connectivity index (χ3v) is 2.79. The highest BCUT2D eigenvalue weighted by Gasteiger charge is 2.10. The Balaban J connectivity index is 2.53. The smallest absolute Gasteiger partial charge is 0.324 e. The first kappa shape index (κ1) is 14.5. The minimum atomic E-state index is 0.110. The zero-order valence-corrected chi connectivity index (χ0v) is 11.3. The lowest BCUT2D eigenvalue weighted by Crippen LogP contribution is -2.13. The second-order valence-electron chi connectivity index (χ2n) is 4.19. The summed E-state index contributed by atoms with van der Waals surface area (Å²) in [6.45, 7) is 4.94. The second-order valence-corrected chi connectivity index (χ2v) is 4.19. The van der Waals surface area contributed by atoms with Gasteiger partial charge in [-0.2, -0.15) is 9.97 Å². The van der Waals surface area contributed by atoms with Gasteiger partial charge in [0.25, 0.3) is 0 Å². The van der Waals surface area contributed by atoms with Crippen LogP contribution in [-0.2, 0) is 0 Å². The van der Waals surface area contributed by atoms with Crippen molar-refractivity contribution in [1.29, 1.82) is 0 Å². The van der Waals surface area contributed by atoms with E-state index in [0.29, 0.717) is 12.5 Å². The van der Waals surface area contributed by atoms with Crippen LogP contribution in [0.2, 0.25) is 0 Å². The van der Waals surface area contributed by atoms with Crippen LogP contribution in [-0.4, -0.2) is 28.7 Å². The van der Waals surface area contributed by atoms with E-state index in [4.69, 9.17) is 15.2 Å². The molecule has 1 aromatic heterocycles. The van der Waals surface area contributed by atoms with Gasteiger partial charge in [-0.3, -0.25) is 0 Å². The molecule has 6 nitrogen and oxygen atoms in total. The number of unbranched alkanes of at least 4 members (excludes halogenated alkanes) is 1. The predicted octanol–water partition coefficient (Wildman–Crippen LogP) is 2.06. The maximum Gasteiger partial charge on any atom is 0.324 e. The Hall–Kier alpha value is -1.59. The van der Waals surface area contributed by atoms with Crippen LogP contribution >= 0.6 is 0 Å². The molecule has 0 aliphatic carbocycles. The van der Waals surface area contributed by atoms with E-state index >= 15 is 0 Å². The minimum Gasteiger partial charge on any atom is -0.467 e. The largest absolute Gasteiger partial charge is 0.467 e. The lowest BCUT2D eigenvalue weighted by molar-refractivity contribution is 0.214. The molecular weight excluding hydrogens is 232 g/mol. The average Bonchev–Trinajstić information content (AvgIpc) is 2.38. The first-order chi connectivity index (χ1) is 8.69. The highest BCUT2D eigenvalue weighted by Crippen LogP contribution is 2.15. The van der Waals surface area contributed by atoms with Crippen LogP contribution in [0.1, 0.15) is 39.5 Å². The molecule has 0 aliphatic heterocycles. The lowest BCUT2D eigenvalue weighted by atomic mass is 10.0. The molecule has 0 fully saturated rings. The predicted molar refractivity (Wildman–Crippen MR) is 69.6 cm³/mol. The molecule has 0 amide bonds. The Kier molecular flexibility index (Phi) is 6.18. The monoisotopic (exact) mass is 254 g/mol. The summed E-state index contributed by atoms with van der Waals surface area (Å²) in [4.78, 5) is 11.7. The van der Waals surface area contributed by atoms with Crippen LogP contribution < -0.4 is 15.2 Å². The lowest BCUT2D eigenvalue weighted by Gasteiger charge is -2.14. The molecule has 0 radical (unpaired) electrons. The van der Waals surface area contributed by atoms with E-state index in [0.717, 1.165) is 12.8 Å². The highest BCUT2D eigenvalue weighted by atomic mass is 16.5. The Labute approximate surface area is 108 Å². The molecular formula is C12H22N4O2. The van der Waals surface area contributed by atoms with Crippen molar-refractivity contribution in [2.24, 2.45) is 5.92 Å². The number of rotatable bonds is 8. The number of nitrogens with two attached hydrogens (primary N) is 1. The zero-order valence-electron chi connectivity index (χ0n) is 11.3. The maximum atomic E-state index is 5.56. The van der Waals surface area contributed by atoms with Gasteiger partial charge in [0.15, 0.2) is 0 Å². The van der Waals surface area contributed by atoms with Crippen LogP contribution in [0, 0.1) is 5.92 Å². The summed E-state index contributed by atoms with van der Waals surface area (Å²) in [6, 6.07) is 0.411. The van der Waals surface area contributed by atoms with Crippen LogP contribution in [0.4, 0.5) is 5.95 Å². The van der Waals surface area contributed by atoms with E-state index < -0.39 is 0 Å². The van der Waals surface area contributed by atoms with Gasteiger partial charge in [-0.25, -0.2) is 0 Å². The SMILES string of the molecule is CCCCC(CC)COc1nc(N)nc(OC)n1. The second kappa shape index (κ2) is 7.68. The standard InChI is InChI=1S/C12H22N4O2/c1-4-6-7-9(5-2)8-18-12-15-10(13)14-11(16-12)17-3/h9H,4-8H2,1-3H3,(H2,13,14,15,16). The summed E-state index contributed by atoms with van der Waals surface area (Å²) in [5, 5.41) is 0. The Morgan fingerprint density at radius 2 is 1.89 bits per heavy atom. The van der Waals surface area contributed by atoms with Crippen molar-refractivity contribution in [2.75, 3.05) is 19.5 Å². The third-order valence-electron chi connectivity index (χ3n) is 2.79. The van der Waals surface area contributed by atoms with Crippen LogP contribution in [0.3, 0.4) is 0 Å². The molecule has 0 bridgehead atoms. The molecule has 0 saturated carbocycles. The van der Waals surface area contributed by atoms with Crippen LogP contribution in [0.15, 0.2) is 0 Å². The van der Waals surface area contributed by atoms with Crippen LogP contribution in [0.5, 0.6) is 12.0 Å². The average molecular weight is 254 g/mol. The fourth-order valence-corrected chi connectivity index (χ4v) is 1.60. The van der Waals surface area contributed by atoms with Crippen molar-refractivity contribution in [3.63, 3.8) is 0 Å². The van der Waals surface area contributed by atoms with Gasteiger partial charge >= 0.3 is 12.0 Å². The van der Waals surface area contributed by atoms with E-state index in [2.05, 4.69) is 28.8 Å². The van der Waals surface area contributed by atoms with Crippen LogP contribution in [0.25, 0.3) is 0 Å². The van der Waals surface area contributed by atoms with Crippen molar-refractivity contribution in [3.05, 3.63) is 0 Å². The summed E-state index contributed by atoms with van der Waals surface area (Å²) in [5.41, 5.74) is 5.53. The zero-order chi connectivity index (χ0) is 13.4. The van der Waals surface area contributed by atoms with Gasteiger partial charge in [0, 0.05) is 0 Å².